The highest BCUT2D eigenvalue weighted by molar-refractivity contribution is 7.16. The van der Waals surface area contributed by atoms with E-state index in [1.54, 1.807) is 6.92 Å². The van der Waals surface area contributed by atoms with Gasteiger partial charge in [-0.05, 0) is 26.3 Å². The quantitative estimate of drug-likeness (QED) is 0.753. The molecule has 0 aromatic carbocycles. The Morgan fingerprint density at radius 2 is 2.00 bits per heavy atom. The predicted octanol–water partition coefficient (Wildman–Crippen LogP) is 1.70. The van der Waals surface area contributed by atoms with Gasteiger partial charge in [0.1, 0.15) is 5.00 Å². The molecule has 118 valence electrons. The van der Waals surface area contributed by atoms with E-state index in [0.29, 0.717) is 29.6 Å². The van der Waals surface area contributed by atoms with Crippen LogP contribution in [-0.2, 0) is 9.53 Å². The number of carbonyl (C=O) groups excluding carboxylic acids is 2. The standard InChI is InChI=1S/C15H24N2O3S/c1-6-20-15(19)13-10(4)11(5)21-14(13)17-12(18)8-16-7-9(2)3/h9,16H,6-8H2,1-5H3,(H,17,18)/p+1. The van der Waals surface area contributed by atoms with Crippen LogP contribution >= 0.6 is 11.3 Å². The Morgan fingerprint density at radius 3 is 2.57 bits per heavy atom. The Labute approximate surface area is 130 Å². The van der Waals surface area contributed by atoms with Crippen LogP contribution in [0.2, 0.25) is 0 Å². The fraction of sp³-hybridized carbons (Fsp3) is 0.600. The zero-order chi connectivity index (χ0) is 16.0. The number of aryl methyl sites for hydroxylation is 1. The summed E-state index contributed by atoms with van der Waals surface area (Å²) in [6.07, 6.45) is 0. The van der Waals surface area contributed by atoms with Crippen molar-refractivity contribution < 1.29 is 19.6 Å². The molecule has 6 heteroatoms. The molecule has 3 N–H and O–H groups in total. The molecule has 0 aliphatic carbocycles. The van der Waals surface area contributed by atoms with Crippen LogP contribution in [0.15, 0.2) is 0 Å². The lowest BCUT2D eigenvalue weighted by atomic mass is 10.1. The second kappa shape index (κ2) is 8.14. The van der Waals surface area contributed by atoms with Gasteiger partial charge in [0.25, 0.3) is 5.91 Å². The maximum atomic E-state index is 12.0. The number of nitrogens with two attached hydrogens (primary N) is 1. The fourth-order valence-corrected chi connectivity index (χ4v) is 2.95. The molecule has 1 amide bonds. The number of nitrogens with one attached hydrogen (secondary N) is 1. The van der Waals surface area contributed by atoms with Crippen LogP contribution in [0, 0.1) is 19.8 Å². The van der Waals surface area contributed by atoms with Gasteiger partial charge in [-0.1, -0.05) is 13.8 Å². The average molecular weight is 313 g/mol. The minimum Gasteiger partial charge on any atom is -0.462 e. The second-order valence-electron chi connectivity index (χ2n) is 5.38. The van der Waals surface area contributed by atoms with E-state index in [9.17, 15) is 9.59 Å². The van der Waals surface area contributed by atoms with Crippen LogP contribution in [0.4, 0.5) is 5.00 Å². The molecular weight excluding hydrogens is 288 g/mol. The number of thiophene rings is 1. The van der Waals surface area contributed by atoms with Gasteiger partial charge in [-0.2, -0.15) is 0 Å². The molecule has 0 bridgehead atoms. The van der Waals surface area contributed by atoms with Crippen LogP contribution in [0.25, 0.3) is 0 Å². The van der Waals surface area contributed by atoms with Crippen molar-refractivity contribution in [2.24, 2.45) is 5.92 Å². The topological polar surface area (TPSA) is 72.0 Å². The number of hydrogen-bond acceptors (Lipinski definition) is 4. The van der Waals surface area contributed by atoms with E-state index in [2.05, 4.69) is 19.2 Å². The fourth-order valence-electron chi connectivity index (χ4n) is 1.89. The van der Waals surface area contributed by atoms with Gasteiger partial charge in [-0.15, -0.1) is 11.3 Å². The second-order valence-corrected chi connectivity index (χ2v) is 6.60. The summed E-state index contributed by atoms with van der Waals surface area (Å²) < 4.78 is 5.07. The summed E-state index contributed by atoms with van der Waals surface area (Å²) in [5.74, 6) is 0.0716. The molecule has 21 heavy (non-hydrogen) atoms. The van der Waals surface area contributed by atoms with Gasteiger partial charge in [-0.3, -0.25) is 4.79 Å². The number of quaternary nitrogens is 1. The van der Waals surface area contributed by atoms with Gasteiger partial charge in [0, 0.05) is 10.8 Å². The minimum absolute atomic E-state index is 0.0950. The third-order valence-corrected chi connectivity index (χ3v) is 4.21. The first-order valence-corrected chi connectivity index (χ1v) is 8.07. The van der Waals surface area contributed by atoms with E-state index < -0.39 is 0 Å². The monoisotopic (exact) mass is 313 g/mol. The first-order valence-electron chi connectivity index (χ1n) is 7.25. The summed E-state index contributed by atoms with van der Waals surface area (Å²) in [7, 11) is 0. The van der Waals surface area contributed by atoms with E-state index in [4.69, 9.17) is 4.74 Å². The van der Waals surface area contributed by atoms with Crippen molar-refractivity contribution in [1.29, 1.82) is 0 Å². The van der Waals surface area contributed by atoms with Crippen molar-refractivity contribution >= 4 is 28.2 Å². The van der Waals surface area contributed by atoms with Crippen molar-refractivity contribution in [3.63, 3.8) is 0 Å². The molecule has 0 radical (unpaired) electrons. The molecule has 0 aliphatic rings. The summed E-state index contributed by atoms with van der Waals surface area (Å²) in [5.41, 5.74) is 1.36. The smallest absolute Gasteiger partial charge is 0.341 e. The normalized spacial score (nSPS) is 10.8. The zero-order valence-corrected chi connectivity index (χ0v) is 14.2. The highest BCUT2D eigenvalue weighted by Crippen LogP contribution is 2.32. The minimum atomic E-state index is -0.374. The molecular formula is C15H25N2O3S+. The van der Waals surface area contributed by atoms with Gasteiger partial charge in [0.2, 0.25) is 0 Å². The molecule has 0 atom stereocenters. The number of esters is 1. The van der Waals surface area contributed by atoms with E-state index in [1.807, 2.05) is 19.2 Å². The van der Waals surface area contributed by atoms with Gasteiger partial charge in [0.15, 0.2) is 6.54 Å². The summed E-state index contributed by atoms with van der Waals surface area (Å²) in [4.78, 5) is 25.0. The molecule has 0 unspecified atom stereocenters. The zero-order valence-electron chi connectivity index (χ0n) is 13.4. The van der Waals surface area contributed by atoms with Gasteiger partial charge < -0.3 is 15.4 Å². The van der Waals surface area contributed by atoms with Crippen molar-refractivity contribution in [2.45, 2.75) is 34.6 Å². The molecule has 1 aromatic heterocycles. The third-order valence-electron chi connectivity index (χ3n) is 3.09. The summed E-state index contributed by atoms with van der Waals surface area (Å²) in [6.45, 7) is 11.4. The Bertz CT molecular complexity index is 509. The number of hydrogen-bond donors (Lipinski definition) is 2. The Morgan fingerprint density at radius 1 is 1.33 bits per heavy atom. The van der Waals surface area contributed by atoms with Crippen LogP contribution in [0.3, 0.4) is 0 Å². The van der Waals surface area contributed by atoms with E-state index >= 15 is 0 Å². The van der Waals surface area contributed by atoms with Crippen LogP contribution in [-0.4, -0.2) is 31.6 Å². The number of rotatable bonds is 7. The molecule has 1 aromatic rings. The van der Waals surface area contributed by atoms with Crippen molar-refractivity contribution in [3.05, 3.63) is 16.0 Å². The average Bonchev–Trinajstić information content (AvgIpc) is 2.64. The number of anilines is 1. The van der Waals surface area contributed by atoms with Gasteiger partial charge >= 0.3 is 5.97 Å². The van der Waals surface area contributed by atoms with Crippen LogP contribution in [0.1, 0.15) is 41.6 Å². The molecule has 1 rings (SSSR count). The molecule has 0 fully saturated rings. The highest BCUT2D eigenvalue weighted by atomic mass is 32.1. The number of carbonyl (C=O) groups is 2. The lowest BCUT2D eigenvalue weighted by Gasteiger charge is -2.07. The Kier molecular flexibility index (Phi) is 6.84. The summed E-state index contributed by atoms with van der Waals surface area (Å²) >= 11 is 1.42. The first kappa shape index (κ1) is 17.7. The largest absolute Gasteiger partial charge is 0.462 e. The summed E-state index contributed by atoms with van der Waals surface area (Å²) in [5, 5.41) is 5.39. The molecule has 0 aliphatic heterocycles. The first-order chi connectivity index (χ1) is 9.86. The van der Waals surface area contributed by atoms with Gasteiger partial charge in [-0.25, -0.2) is 4.79 Å². The SMILES string of the molecule is CCOC(=O)c1c(NC(=O)C[NH2+]CC(C)C)sc(C)c1C. The molecule has 5 nitrogen and oxygen atoms in total. The van der Waals surface area contributed by atoms with E-state index in [1.165, 1.54) is 11.3 Å². The molecule has 0 spiro atoms. The molecule has 0 saturated heterocycles. The number of ether oxygens (including phenoxy) is 1. The lowest BCUT2D eigenvalue weighted by Crippen LogP contribution is -2.87. The van der Waals surface area contributed by atoms with Crippen molar-refractivity contribution in [3.8, 4) is 0 Å². The Balaban J connectivity index is 2.76. The lowest BCUT2D eigenvalue weighted by molar-refractivity contribution is -0.648. The number of amides is 1. The van der Waals surface area contributed by atoms with Crippen molar-refractivity contribution in [1.82, 2.24) is 0 Å². The maximum absolute atomic E-state index is 12.0. The summed E-state index contributed by atoms with van der Waals surface area (Å²) in [6, 6.07) is 0. The van der Waals surface area contributed by atoms with E-state index in [0.717, 1.165) is 17.0 Å². The highest BCUT2D eigenvalue weighted by Gasteiger charge is 2.22. The van der Waals surface area contributed by atoms with Crippen LogP contribution in [0.5, 0.6) is 0 Å². The van der Waals surface area contributed by atoms with Crippen molar-refractivity contribution in [2.75, 3.05) is 25.0 Å². The predicted molar refractivity (Wildman–Crippen MR) is 84.9 cm³/mol. The van der Waals surface area contributed by atoms with Crippen LogP contribution < -0.4 is 10.6 Å². The molecule has 1 heterocycles. The maximum Gasteiger partial charge on any atom is 0.341 e. The van der Waals surface area contributed by atoms with Gasteiger partial charge in [0.05, 0.1) is 18.7 Å². The molecule has 0 saturated carbocycles. The third kappa shape index (κ3) is 5.13. The Hall–Kier alpha value is -1.40. The van der Waals surface area contributed by atoms with E-state index in [-0.39, 0.29) is 11.9 Å².